The molecule has 0 radical (unpaired) electrons. The molecule has 2 atom stereocenters. The molecule has 0 saturated heterocycles. The third-order valence-electron chi connectivity index (χ3n) is 5.09. The predicted octanol–water partition coefficient (Wildman–Crippen LogP) is 4.41. The van der Waals surface area contributed by atoms with Crippen LogP contribution in [0.2, 0.25) is 0 Å². The molecular weight excluding hydrogens is 428 g/mol. The smallest absolute Gasteiger partial charge is 0.436 e. The standard InChI is InChI=1S/C23H30N4O6/c1-4-31-23(30)27-20(25-21(28)32-14-16-8-6-5-7-9-16)13-19(26-27)17-10-11-18(12-17)33-22(29)24-15(2)3/h5-9,13,15,17-18H,4,10-12,14H2,1-3H3,(H,24,29)(H,25,28)/t17-,18+/m0/s1. The van der Waals surface area contributed by atoms with Crippen LogP contribution >= 0.6 is 0 Å². The quantitative estimate of drug-likeness (QED) is 0.590. The number of hydrogen-bond donors (Lipinski definition) is 2. The van der Waals surface area contributed by atoms with Crippen molar-refractivity contribution in [3.63, 3.8) is 0 Å². The summed E-state index contributed by atoms with van der Waals surface area (Å²) in [4.78, 5) is 36.6. The highest BCUT2D eigenvalue weighted by molar-refractivity contribution is 5.86. The van der Waals surface area contributed by atoms with Crippen LogP contribution in [0.1, 0.15) is 57.2 Å². The molecule has 1 fully saturated rings. The summed E-state index contributed by atoms with van der Waals surface area (Å²) >= 11 is 0. The average Bonchev–Trinajstić information content (AvgIpc) is 3.39. The molecule has 2 N–H and O–H groups in total. The zero-order valence-electron chi connectivity index (χ0n) is 19.1. The molecule has 0 bridgehead atoms. The van der Waals surface area contributed by atoms with Crippen molar-refractivity contribution in [2.24, 2.45) is 0 Å². The first-order valence-corrected chi connectivity index (χ1v) is 11.1. The van der Waals surface area contributed by atoms with E-state index in [0.29, 0.717) is 18.5 Å². The molecule has 1 aliphatic carbocycles. The highest BCUT2D eigenvalue weighted by Gasteiger charge is 2.32. The maximum absolute atomic E-state index is 12.4. The average molecular weight is 459 g/mol. The Labute approximate surface area is 192 Å². The molecule has 2 aromatic rings. The molecule has 2 amide bonds. The van der Waals surface area contributed by atoms with Crippen molar-refractivity contribution in [2.75, 3.05) is 11.9 Å². The minimum absolute atomic E-state index is 0.00902. The van der Waals surface area contributed by atoms with E-state index in [2.05, 4.69) is 15.7 Å². The van der Waals surface area contributed by atoms with Crippen molar-refractivity contribution in [3.05, 3.63) is 47.7 Å². The van der Waals surface area contributed by atoms with Crippen molar-refractivity contribution >= 4 is 24.1 Å². The van der Waals surface area contributed by atoms with E-state index in [0.717, 1.165) is 16.7 Å². The Morgan fingerprint density at radius 3 is 2.58 bits per heavy atom. The fourth-order valence-corrected chi connectivity index (χ4v) is 3.61. The fourth-order valence-electron chi connectivity index (χ4n) is 3.61. The van der Waals surface area contributed by atoms with Gasteiger partial charge in [-0.05, 0) is 45.6 Å². The zero-order valence-corrected chi connectivity index (χ0v) is 19.1. The molecule has 0 aliphatic heterocycles. The van der Waals surface area contributed by atoms with Crippen LogP contribution in [0.3, 0.4) is 0 Å². The van der Waals surface area contributed by atoms with E-state index < -0.39 is 18.3 Å². The lowest BCUT2D eigenvalue weighted by Crippen LogP contribution is -2.33. The first kappa shape index (κ1) is 24.1. The summed E-state index contributed by atoms with van der Waals surface area (Å²) in [6, 6.07) is 10.9. The van der Waals surface area contributed by atoms with Crippen LogP contribution in [-0.4, -0.2) is 46.8 Å². The minimum atomic E-state index is -0.714. The van der Waals surface area contributed by atoms with Crippen LogP contribution in [0, 0.1) is 0 Å². The van der Waals surface area contributed by atoms with Gasteiger partial charge in [0.1, 0.15) is 18.5 Å². The Morgan fingerprint density at radius 1 is 1.12 bits per heavy atom. The molecule has 1 aromatic carbocycles. The Bertz CT molecular complexity index is 959. The number of hydrogen-bond acceptors (Lipinski definition) is 7. The number of alkyl carbamates (subject to hydrolysis) is 1. The Hall–Kier alpha value is -3.56. The molecule has 1 aromatic heterocycles. The van der Waals surface area contributed by atoms with Gasteiger partial charge in [0.2, 0.25) is 0 Å². The third-order valence-corrected chi connectivity index (χ3v) is 5.09. The molecule has 33 heavy (non-hydrogen) atoms. The number of carbonyl (C=O) groups excluding carboxylic acids is 3. The van der Waals surface area contributed by atoms with Gasteiger partial charge in [0, 0.05) is 18.0 Å². The highest BCUT2D eigenvalue weighted by Crippen LogP contribution is 2.36. The number of benzene rings is 1. The van der Waals surface area contributed by atoms with E-state index in [1.165, 1.54) is 0 Å². The van der Waals surface area contributed by atoms with Crippen molar-refractivity contribution in [2.45, 2.75) is 64.7 Å². The van der Waals surface area contributed by atoms with Crippen LogP contribution in [0.5, 0.6) is 0 Å². The van der Waals surface area contributed by atoms with Gasteiger partial charge in [-0.15, -0.1) is 4.68 Å². The van der Waals surface area contributed by atoms with E-state index in [1.807, 2.05) is 44.2 Å². The van der Waals surface area contributed by atoms with Gasteiger partial charge in [-0.2, -0.15) is 5.10 Å². The topological polar surface area (TPSA) is 121 Å². The second kappa shape index (κ2) is 11.3. The van der Waals surface area contributed by atoms with Gasteiger partial charge in [0.25, 0.3) is 0 Å². The lowest BCUT2D eigenvalue weighted by molar-refractivity contribution is 0.0981. The highest BCUT2D eigenvalue weighted by atomic mass is 16.6. The number of ether oxygens (including phenoxy) is 3. The molecule has 1 saturated carbocycles. The third kappa shape index (κ3) is 6.96. The van der Waals surface area contributed by atoms with E-state index in [-0.39, 0.29) is 37.1 Å². The Morgan fingerprint density at radius 2 is 1.88 bits per heavy atom. The van der Waals surface area contributed by atoms with E-state index in [1.54, 1.807) is 13.0 Å². The molecule has 178 valence electrons. The van der Waals surface area contributed by atoms with Gasteiger partial charge in [-0.1, -0.05) is 30.3 Å². The monoisotopic (exact) mass is 458 g/mol. The fraction of sp³-hybridized carbons (Fsp3) is 0.478. The first-order chi connectivity index (χ1) is 15.9. The SMILES string of the molecule is CCOC(=O)n1nc([C@H]2CC[C@@H](OC(=O)NC(C)C)C2)cc1NC(=O)OCc1ccccc1. The number of carbonyl (C=O) groups is 3. The van der Waals surface area contributed by atoms with Gasteiger partial charge in [0.15, 0.2) is 0 Å². The van der Waals surface area contributed by atoms with Gasteiger partial charge in [-0.25, -0.2) is 14.4 Å². The lowest BCUT2D eigenvalue weighted by atomic mass is 10.0. The first-order valence-electron chi connectivity index (χ1n) is 11.1. The normalized spacial score (nSPS) is 17.5. The summed E-state index contributed by atoms with van der Waals surface area (Å²) in [6.07, 6.45) is -0.117. The van der Waals surface area contributed by atoms with Gasteiger partial charge in [-0.3, -0.25) is 5.32 Å². The van der Waals surface area contributed by atoms with E-state index >= 15 is 0 Å². The zero-order chi connectivity index (χ0) is 23.8. The van der Waals surface area contributed by atoms with Crippen LogP contribution < -0.4 is 10.6 Å². The number of anilines is 1. The molecule has 10 nitrogen and oxygen atoms in total. The van der Waals surface area contributed by atoms with Crippen LogP contribution in [0.25, 0.3) is 0 Å². The maximum atomic E-state index is 12.4. The lowest BCUT2D eigenvalue weighted by Gasteiger charge is -2.14. The summed E-state index contributed by atoms with van der Waals surface area (Å²) in [7, 11) is 0. The molecule has 3 rings (SSSR count). The minimum Gasteiger partial charge on any atom is -0.448 e. The molecule has 10 heteroatoms. The van der Waals surface area contributed by atoms with Crippen LogP contribution in [0.15, 0.2) is 36.4 Å². The van der Waals surface area contributed by atoms with Crippen molar-refractivity contribution in [1.29, 1.82) is 0 Å². The number of rotatable bonds is 7. The molecule has 1 heterocycles. The summed E-state index contributed by atoms with van der Waals surface area (Å²) in [5.41, 5.74) is 1.45. The number of amides is 2. The van der Waals surface area contributed by atoms with Crippen LogP contribution in [0.4, 0.5) is 20.2 Å². The Kier molecular flexibility index (Phi) is 8.28. The number of nitrogens with one attached hydrogen (secondary N) is 2. The molecular formula is C23H30N4O6. The van der Waals surface area contributed by atoms with Crippen LogP contribution in [-0.2, 0) is 20.8 Å². The largest absolute Gasteiger partial charge is 0.448 e. The van der Waals surface area contributed by atoms with Gasteiger partial charge in [0.05, 0.1) is 12.3 Å². The van der Waals surface area contributed by atoms with E-state index in [9.17, 15) is 14.4 Å². The number of nitrogens with zero attached hydrogens (tertiary/aromatic N) is 2. The molecule has 0 unspecified atom stereocenters. The summed E-state index contributed by atoms with van der Waals surface area (Å²) in [5.74, 6) is 0.127. The second-order valence-electron chi connectivity index (χ2n) is 8.09. The van der Waals surface area contributed by atoms with Gasteiger partial charge < -0.3 is 19.5 Å². The van der Waals surface area contributed by atoms with Gasteiger partial charge >= 0.3 is 18.3 Å². The number of aromatic nitrogens is 2. The predicted molar refractivity (Wildman–Crippen MR) is 120 cm³/mol. The second-order valence-corrected chi connectivity index (χ2v) is 8.09. The maximum Gasteiger partial charge on any atom is 0.436 e. The van der Waals surface area contributed by atoms with Crippen molar-refractivity contribution in [1.82, 2.24) is 15.1 Å². The summed E-state index contributed by atoms with van der Waals surface area (Å²) < 4.78 is 16.8. The van der Waals surface area contributed by atoms with Crippen molar-refractivity contribution < 1.29 is 28.6 Å². The Balaban J connectivity index is 1.66. The van der Waals surface area contributed by atoms with Crippen molar-refractivity contribution in [3.8, 4) is 0 Å². The summed E-state index contributed by atoms with van der Waals surface area (Å²) in [6.45, 7) is 5.66. The summed E-state index contributed by atoms with van der Waals surface area (Å²) in [5, 5.41) is 9.64. The van der Waals surface area contributed by atoms with E-state index in [4.69, 9.17) is 14.2 Å². The molecule has 0 spiro atoms. The molecule has 1 aliphatic rings.